The molecule has 5 heteroatoms. The van der Waals surface area contributed by atoms with Gasteiger partial charge >= 0.3 is 11.9 Å². The molecule has 22 heavy (non-hydrogen) atoms. The summed E-state index contributed by atoms with van der Waals surface area (Å²) in [6, 6.07) is 0. The fourth-order valence-electron chi connectivity index (χ4n) is 6.23. The molecule has 0 N–H and O–H groups in total. The number of ether oxygens (including phenoxy) is 2. The quantitative estimate of drug-likeness (QED) is 0.731. The van der Waals surface area contributed by atoms with Gasteiger partial charge in [-0.05, 0) is 55.8 Å². The van der Waals surface area contributed by atoms with Gasteiger partial charge in [0.15, 0.2) is 0 Å². The molecule has 0 amide bonds. The first-order valence-corrected chi connectivity index (χ1v) is 9.38. The fraction of sp³-hybridized carbons (Fsp3) is 0.882. The van der Waals surface area contributed by atoms with Crippen molar-refractivity contribution < 1.29 is 19.1 Å². The second-order valence-corrected chi connectivity index (χ2v) is 8.93. The van der Waals surface area contributed by atoms with E-state index in [4.69, 9.17) is 9.47 Å². The second kappa shape index (κ2) is 5.15. The lowest BCUT2D eigenvalue weighted by atomic mass is 9.48. The first-order chi connectivity index (χ1) is 10.6. The number of thioether (sulfide) groups is 1. The molecule has 0 aromatic heterocycles. The molecular formula is C17H24O4S. The summed E-state index contributed by atoms with van der Waals surface area (Å²) in [4.78, 5) is 24.8. The van der Waals surface area contributed by atoms with E-state index in [0.717, 1.165) is 11.8 Å². The second-order valence-electron chi connectivity index (χ2n) is 7.60. The molecule has 4 aliphatic carbocycles. The van der Waals surface area contributed by atoms with Crippen LogP contribution in [0, 0.1) is 35.5 Å². The van der Waals surface area contributed by atoms with E-state index in [9.17, 15) is 9.59 Å². The predicted octanol–water partition coefficient (Wildman–Crippen LogP) is 2.51. The Hall–Kier alpha value is -0.710. The molecule has 5 fully saturated rings. The Labute approximate surface area is 135 Å². The first kappa shape index (κ1) is 14.9. The van der Waals surface area contributed by atoms with E-state index in [2.05, 4.69) is 0 Å². The van der Waals surface area contributed by atoms with Crippen LogP contribution < -0.4 is 0 Å². The van der Waals surface area contributed by atoms with Crippen LogP contribution in [0.4, 0.5) is 0 Å². The molecule has 1 heterocycles. The van der Waals surface area contributed by atoms with Gasteiger partial charge in [0.25, 0.3) is 0 Å². The van der Waals surface area contributed by atoms with Crippen LogP contribution in [0.2, 0.25) is 0 Å². The fourth-order valence-corrected chi connectivity index (χ4v) is 8.32. The minimum absolute atomic E-state index is 0.0701. The van der Waals surface area contributed by atoms with Crippen molar-refractivity contribution in [1.29, 1.82) is 0 Å². The Morgan fingerprint density at radius 3 is 1.95 bits per heavy atom. The summed E-state index contributed by atoms with van der Waals surface area (Å²) in [5, 5.41) is 0. The Morgan fingerprint density at radius 2 is 1.45 bits per heavy atom. The zero-order valence-corrected chi connectivity index (χ0v) is 14.1. The molecule has 0 unspecified atom stereocenters. The number of rotatable bonds is 2. The van der Waals surface area contributed by atoms with E-state index < -0.39 is 0 Å². The Kier molecular flexibility index (Phi) is 3.48. The molecule has 122 valence electrons. The van der Waals surface area contributed by atoms with E-state index in [1.807, 2.05) is 11.8 Å². The first-order valence-electron chi connectivity index (χ1n) is 8.39. The molecule has 4 nitrogen and oxygen atoms in total. The lowest BCUT2D eigenvalue weighted by molar-refractivity contribution is -0.162. The van der Waals surface area contributed by atoms with Crippen molar-refractivity contribution in [2.75, 3.05) is 20.0 Å². The number of esters is 2. The topological polar surface area (TPSA) is 52.6 Å². The summed E-state index contributed by atoms with van der Waals surface area (Å²) in [5.41, 5.74) is 0. The molecule has 5 aliphatic rings. The van der Waals surface area contributed by atoms with Gasteiger partial charge in [-0.2, -0.15) is 11.8 Å². The average molecular weight is 324 g/mol. The number of carbonyl (C=O) groups excluding carboxylic acids is 2. The highest BCUT2D eigenvalue weighted by Crippen LogP contribution is 2.68. The van der Waals surface area contributed by atoms with Gasteiger partial charge in [-0.15, -0.1) is 0 Å². The average Bonchev–Trinajstić information content (AvgIpc) is 2.91. The summed E-state index contributed by atoms with van der Waals surface area (Å²) in [7, 11) is 2.87. The van der Waals surface area contributed by atoms with Crippen molar-refractivity contribution in [2.24, 2.45) is 35.5 Å². The van der Waals surface area contributed by atoms with E-state index in [1.54, 1.807) is 0 Å². The predicted molar refractivity (Wildman–Crippen MR) is 83.2 cm³/mol. The molecule has 1 saturated heterocycles. The van der Waals surface area contributed by atoms with Gasteiger partial charge in [0.2, 0.25) is 0 Å². The highest BCUT2D eigenvalue weighted by Gasteiger charge is 2.67. The Balaban J connectivity index is 1.73. The SMILES string of the molecule is COC(=O)[C@@H]1[C@H](C(=O)OC)CSC12C1CC3CC(C1)CC2C3. The molecule has 1 aliphatic heterocycles. The van der Waals surface area contributed by atoms with Gasteiger partial charge in [-0.1, -0.05) is 0 Å². The lowest BCUT2D eigenvalue weighted by Gasteiger charge is -2.61. The summed E-state index contributed by atoms with van der Waals surface area (Å²) < 4.78 is 10.0. The maximum absolute atomic E-state index is 12.6. The Morgan fingerprint density at radius 1 is 0.909 bits per heavy atom. The zero-order chi connectivity index (χ0) is 15.5. The van der Waals surface area contributed by atoms with Crippen LogP contribution in [0.15, 0.2) is 0 Å². The third kappa shape index (κ3) is 1.84. The van der Waals surface area contributed by atoms with Crippen molar-refractivity contribution in [3.8, 4) is 0 Å². The molecule has 0 aromatic rings. The normalized spacial score (nSPS) is 48.6. The van der Waals surface area contributed by atoms with E-state index in [0.29, 0.717) is 17.6 Å². The number of hydrogen-bond acceptors (Lipinski definition) is 5. The molecule has 5 rings (SSSR count). The van der Waals surface area contributed by atoms with Crippen molar-refractivity contribution >= 4 is 23.7 Å². The van der Waals surface area contributed by atoms with Crippen LogP contribution >= 0.6 is 11.8 Å². The highest BCUT2D eigenvalue weighted by atomic mass is 32.2. The van der Waals surface area contributed by atoms with Crippen LogP contribution in [-0.4, -0.2) is 36.7 Å². The third-order valence-electron chi connectivity index (χ3n) is 6.77. The summed E-state index contributed by atoms with van der Waals surface area (Å²) in [6.45, 7) is 0. The maximum Gasteiger partial charge on any atom is 0.311 e. The molecule has 1 spiro atoms. The lowest BCUT2D eigenvalue weighted by Crippen LogP contribution is -2.60. The molecular weight excluding hydrogens is 300 g/mol. The van der Waals surface area contributed by atoms with E-state index in [1.165, 1.54) is 46.3 Å². The van der Waals surface area contributed by atoms with Gasteiger partial charge in [-0.25, -0.2) is 0 Å². The maximum atomic E-state index is 12.6. The monoisotopic (exact) mass is 324 g/mol. The molecule has 0 aromatic carbocycles. The number of methoxy groups -OCH3 is 2. The van der Waals surface area contributed by atoms with Crippen LogP contribution in [0.3, 0.4) is 0 Å². The van der Waals surface area contributed by atoms with Crippen LogP contribution in [0.25, 0.3) is 0 Å². The standard InChI is InChI=1S/C17H24O4S/c1-20-15(18)13-8-22-17(14(13)16(19)21-2)11-4-9-3-10(6-11)7-12(17)5-9/h9-14H,3-8H2,1-2H3/t9?,10?,11?,12?,13-,14+,17?/m1/s1. The van der Waals surface area contributed by atoms with Crippen molar-refractivity contribution in [1.82, 2.24) is 0 Å². The minimum atomic E-state index is -0.333. The van der Waals surface area contributed by atoms with Crippen LogP contribution in [-0.2, 0) is 19.1 Å². The van der Waals surface area contributed by atoms with Crippen molar-refractivity contribution in [2.45, 2.75) is 36.9 Å². The smallest absolute Gasteiger partial charge is 0.311 e. The van der Waals surface area contributed by atoms with Crippen molar-refractivity contribution in [3.63, 3.8) is 0 Å². The van der Waals surface area contributed by atoms with Gasteiger partial charge in [0, 0.05) is 10.5 Å². The molecule has 4 bridgehead atoms. The highest BCUT2D eigenvalue weighted by molar-refractivity contribution is 8.01. The summed E-state index contributed by atoms with van der Waals surface area (Å²) >= 11 is 1.88. The number of hydrogen-bond donors (Lipinski definition) is 0. The Bertz CT molecular complexity index is 475. The van der Waals surface area contributed by atoms with Gasteiger partial charge in [-0.3, -0.25) is 9.59 Å². The largest absolute Gasteiger partial charge is 0.469 e. The molecule has 2 atom stereocenters. The zero-order valence-electron chi connectivity index (χ0n) is 13.2. The van der Waals surface area contributed by atoms with Gasteiger partial charge < -0.3 is 9.47 Å². The van der Waals surface area contributed by atoms with Gasteiger partial charge in [0.05, 0.1) is 26.1 Å². The summed E-state index contributed by atoms with van der Waals surface area (Å²) in [6.07, 6.45) is 6.34. The van der Waals surface area contributed by atoms with Crippen LogP contribution in [0.5, 0.6) is 0 Å². The molecule has 4 saturated carbocycles. The van der Waals surface area contributed by atoms with E-state index >= 15 is 0 Å². The third-order valence-corrected chi connectivity index (χ3v) is 8.72. The van der Waals surface area contributed by atoms with E-state index in [-0.39, 0.29) is 28.5 Å². The van der Waals surface area contributed by atoms with Crippen LogP contribution in [0.1, 0.15) is 32.1 Å². The molecule has 0 radical (unpaired) electrons. The number of carbonyl (C=O) groups is 2. The summed E-state index contributed by atoms with van der Waals surface area (Å²) in [5.74, 6) is 2.47. The van der Waals surface area contributed by atoms with Crippen molar-refractivity contribution in [3.05, 3.63) is 0 Å². The van der Waals surface area contributed by atoms with Gasteiger partial charge in [0.1, 0.15) is 0 Å². The minimum Gasteiger partial charge on any atom is -0.469 e.